The van der Waals surface area contributed by atoms with Gasteiger partial charge in [0.25, 0.3) is 0 Å². The predicted octanol–water partition coefficient (Wildman–Crippen LogP) is 5.25. The quantitative estimate of drug-likeness (QED) is 0.431. The Balaban J connectivity index is 1.49. The second-order valence-corrected chi connectivity index (χ2v) is 6.54. The van der Waals surface area contributed by atoms with Gasteiger partial charge in [-0.05, 0) is 42.0 Å². The zero-order chi connectivity index (χ0) is 21.3. The average Bonchev–Trinajstić information content (AvgIpc) is 3.09. The van der Waals surface area contributed by atoms with E-state index in [-0.39, 0.29) is 5.69 Å². The second-order valence-electron chi connectivity index (χ2n) is 6.54. The summed E-state index contributed by atoms with van der Waals surface area (Å²) in [7, 11) is 0. The molecule has 9 heteroatoms. The number of nitrogens with one attached hydrogen (secondary N) is 2. The number of aromatic nitrogens is 2. The molecule has 0 unspecified atom stereocenters. The van der Waals surface area contributed by atoms with Crippen molar-refractivity contribution in [3.8, 4) is 11.1 Å². The molecule has 2 aromatic heterocycles. The second kappa shape index (κ2) is 7.43. The average molecular weight is 411 g/mol. The zero-order valence-electron chi connectivity index (χ0n) is 15.4. The summed E-state index contributed by atoms with van der Waals surface area (Å²) in [6.45, 7) is 0. The van der Waals surface area contributed by atoms with Crippen LogP contribution in [0.4, 0.5) is 35.2 Å². The summed E-state index contributed by atoms with van der Waals surface area (Å²) < 4.78 is 40.2. The van der Waals surface area contributed by atoms with E-state index in [4.69, 9.17) is 5.73 Å². The lowest BCUT2D eigenvalue weighted by atomic mass is 10.1. The van der Waals surface area contributed by atoms with Gasteiger partial charge in [0.2, 0.25) is 0 Å². The molecule has 4 N–H and O–H groups in total. The van der Waals surface area contributed by atoms with E-state index in [0.717, 1.165) is 28.8 Å². The van der Waals surface area contributed by atoms with E-state index in [1.165, 1.54) is 12.1 Å². The topological polar surface area (TPSA) is 84.4 Å². The fourth-order valence-electron chi connectivity index (χ4n) is 3.11. The predicted molar refractivity (Wildman–Crippen MR) is 109 cm³/mol. The number of nitrogens with zero attached hydrogens (tertiary/aromatic N) is 2. The van der Waals surface area contributed by atoms with Gasteiger partial charge >= 0.3 is 12.2 Å². The molecule has 4 rings (SSSR count). The van der Waals surface area contributed by atoms with Crippen molar-refractivity contribution in [1.29, 1.82) is 0 Å². The molecule has 2 heterocycles. The van der Waals surface area contributed by atoms with E-state index in [9.17, 15) is 18.0 Å². The van der Waals surface area contributed by atoms with Crippen molar-refractivity contribution in [3.05, 3.63) is 78.8 Å². The van der Waals surface area contributed by atoms with Crippen LogP contribution in [0, 0.1) is 0 Å². The third kappa shape index (κ3) is 3.90. The van der Waals surface area contributed by atoms with Crippen molar-refractivity contribution in [2.75, 3.05) is 16.4 Å². The smallest absolute Gasteiger partial charge is 0.382 e. The number of benzene rings is 2. The number of nitrogen functional groups attached to an aromatic ring is 1. The van der Waals surface area contributed by atoms with Crippen molar-refractivity contribution in [2.24, 2.45) is 0 Å². The number of anilines is 3. The molecule has 0 fully saturated rings. The third-order valence-electron chi connectivity index (χ3n) is 4.49. The summed E-state index contributed by atoms with van der Waals surface area (Å²) in [5.74, 6) is 0.410. The summed E-state index contributed by atoms with van der Waals surface area (Å²) in [4.78, 5) is 16.3. The molecule has 0 saturated heterocycles. The molecule has 4 aromatic rings. The molecule has 30 heavy (non-hydrogen) atoms. The molecule has 0 aliphatic carbocycles. The first-order chi connectivity index (χ1) is 14.3. The summed E-state index contributed by atoms with van der Waals surface area (Å²) in [6, 6.07) is 14.6. The highest BCUT2D eigenvalue weighted by molar-refractivity contribution is 6.00. The summed E-state index contributed by atoms with van der Waals surface area (Å²) in [5, 5.41) is 5.00. The number of pyridine rings is 1. The number of amides is 2. The van der Waals surface area contributed by atoms with Crippen LogP contribution in [0.1, 0.15) is 5.56 Å². The summed E-state index contributed by atoms with van der Waals surface area (Å²) in [6.07, 6.45) is -1.01. The van der Waals surface area contributed by atoms with Crippen LogP contribution in [0.5, 0.6) is 0 Å². The molecule has 2 amide bonds. The molecule has 0 atom stereocenters. The largest absolute Gasteiger partial charge is 0.416 e. The van der Waals surface area contributed by atoms with Gasteiger partial charge in [-0.25, -0.2) is 9.78 Å². The molecular weight excluding hydrogens is 395 g/mol. The Hall–Kier alpha value is -4.01. The van der Waals surface area contributed by atoms with Crippen molar-refractivity contribution in [2.45, 2.75) is 6.18 Å². The van der Waals surface area contributed by atoms with Gasteiger partial charge in [0, 0.05) is 23.1 Å². The first-order valence-corrected chi connectivity index (χ1v) is 8.88. The minimum atomic E-state index is -4.48. The van der Waals surface area contributed by atoms with Crippen molar-refractivity contribution >= 4 is 28.7 Å². The van der Waals surface area contributed by atoms with Crippen LogP contribution in [0.3, 0.4) is 0 Å². The number of urea groups is 1. The molecule has 0 aliphatic rings. The normalized spacial score (nSPS) is 11.4. The lowest BCUT2D eigenvalue weighted by Gasteiger charge is -2.11. The van der Waals surface area contributed by atoms with Crippen molar-refractivity contribution in [3.63, 3.8) is 0 Å². The SMILES string of the molecule is Nc1ncn2cccc(-c3ccc(NC(=O)Nc4cccc(C(F)(F)F)c4)cc3)c12. The Labute approximate surface area is 169 Å². The third-order valence-corrected chi connectivity index (χ3v) is 4.49. The highest BCUT2D eigenvalue weighted by Gasteiger charge is 2.30. The number of alkyl halides is 3. The molecule has 0 spiro atoms. The minimum absolute atomic E-state index is 0.0434. The Morgan fingerprint density at radius 2 is 1.70 bits per heavy atom. The highest BCUT2D eigenvalue weighted by atomic mass is 19.4. The van der Waals surface area contributed by atoms with Gasteiger partial charge in [0.1, 0.15) is 12.1 Å². The Morgan fingerprint density at radius 1 is 0.967 bits per heavy atom. The molecule has 2 aromatic carbocycles. The minimum Gasteiger partial charge on any atom is -0.382 e. The number of halogens is 3. The number of nitrogens with two attached hydrogens (primary N) is 1. The van der Waals surface area contributed by atoms with Gasteiger partial charge in [-0.3, -0.25) is 0 Å². The van der Waals surface area contributed by atoms with Crippen LogP contribution in [0.2, 0.25) is 0 Å². The van der Waals surface area contributed by atoms with Gasteiger partial charge in [0.15, 0.2) is 0 Å². The number of rotatable bonds is 3. The van der Waals surface area contributed by atoms with Crippen molar-refractivity contribution in [1.82, 2.24) is 9.38 Å². The molecule has 152 valence electrons. The summed E-state index contributed by atoms with van der Waals surface area (Å²) >= 11 is 0. The van der Waals surface area contributed by atoms with Crippen LogP contribution in [0.25, 0.3) is 16.6 Å². The molecule has 0 radical (unpaired) electrons. The van der Waals surface area contributed by atoms with Crippen LogP contribution in [-0.2, 0) is 6.18 Å². The van der Waals surface area contributed by atoms with E-state index in [0.29, 0.717) is 11.5 Å². The Bertz CT molecular complexity index is 1220. The number of imidazole rings is 1. The lowest BCUT2D eigenvalue weighted by molar-refractivity contribution is -0.137. The van der Waals surface area contributed by atoms with Crippen LogP contribution in [-0.4, -0.2) is 15.4 Å². The van der Waals surface area contributed by atoms with E-state index in [1.54, 1.807) is 18.5 Å². The first-order valence-electron chi connectivity index (χ1n) is 8.88. The van der Waals surface area contributed by atoms with Crippen molar-refractivity contribution < 1.29 is 18.0 Å². The van der Waals surface area contributed by atoms with Gasteiger partial charge in [-0.2, -0.15) is 13.2 Å². The first kappa shape index (κ1) is 19.3. The standard InChI is InChI=1S/C21H16F3N5O/c22-21(23,24)14-3-1-4-16(11-14)28-20(30)27-15-8-6-13(7-9-15)17-5-2-10-29-12-26-19(25)18(17)29/h1-12H,25H2,(H2,27,28,30). The summed E-state index contributed by atoms with van der Waals surface area (Å²) in [5.41, 5.74) is 8.18. The Morgan fingerprint density at radius 3 is 2.43 bits per heavy atom. The molecular formula is C21H16F3N5O. The number of carbonyl (C=O) groups is 1. The fraction of sp³-hybridized carbons (Fsp3) is 0.0476. The van der Waals surface area contributed by atoms with Gasteiger partial charge < -0.3 is 20.8 Å². The van der Waals surface area contributed by atoms with Gasteiger partial charge in [0.05, 0.1) is 11.1 Å². The number of carbonyl (C=O) groups excluding carboxylic acids is 1. The van der Waals surface area contributed by atoms with E-state index >= 15 is 0 Å². The Kier molecular flexibility index (Phi) is 4.78. The van der Waals surface area contributed by atoms with E-state index < -0.39 is 17.8 Å². The maximum atomic E-state index is 12.8. The number of hydrogen-bond donors (Lipinski definition) is 3. The van der Waals surface area contributed by atoms with Crippen LogP contribution < -0.4 is 16.4 Å². The number of hydrogen-bond acceptors (Lipinski definition) is 3. The van der Waals surface area contributed by atoms with E-state index in [2.05, 4.69) is 15.6 Å². The number of fused-ring (bicyclic) bond motifs is 1. The fourth-order valence-corrected chi connectivity index (χ4v) is 3.11. The lowest BCUT2D eigenvalue weighted by Crippen LogP contribution is -2.19. The maximum absolute atomic E-state index is 12.8. The molecule has 6 nitrogen and oxygen atoms in total. The van der Waals surface area contributed by atoms with E-state index in [1.807, 2.05) is 34.9 Å². The highest BCUT2D eigenvalue weighted by Crippen LogP contribution is 2.31. The molecule has 0 bridgehead atoms. The van der Waals surface area contributed by atoms with Crippen LogP contribution >= 0.6 is 0 Å². The molecule has 0 saturated carbocycles. The monoisotopic (exact) mass is 411 g/mol. The zero-order valence-corrected chi connectivity index (χ0v) is 15.4. The van der Waals surface area contributed by atoms with Crippen LogP contribution in [0.15, 0.2) is 73.2 Å². The van der Waals surface area contributed by atoms with Gasteiger partial charge in [-0.1, -0.05) is 24.3 Å². The molecule has 0 aliphatic heterocycles. The van der Waals surface area contributed by atoms with Gasteiger partial charge in [-0.15, -0.1) is 0 Å². The maximum Gasteiger partial charge on any atom is 0.416 e.